The van der Waals surface area contributed by atoms with E-state index in [0.29, 0.717) is 22.7 Å². The topological polar surface area (TPSA) is 97.6 Å². The number of carbonyl (C=O) groups is 2. The van der Waals surface area contributed by atoms with Crippen molar-refractivity contribution in [2.45, 2.75) is 33.0 Å². The number of hydrogen-bond acceptors (Lipinski definition) is 6. The van der Waals surface area contributed by atoms with Crippen LogP contribution < -0.4 is 14.8 Å². The number of hydrogen-bond donors (Lipinski definition) is 1. The van der Waals surface area contributed by atoms with Crippen LogP contribution in [-0.4, -0.2) is 31.2 Å². The van der Waals surface area contributed by atoms with Crippen molar-refractivity contribution in [2.75, 3.05) is 12.4 Å². The average Bonchev–Trinajstić information content (AvgIpc) is 2.73. The molecular weight excluding hydrogens is 384 g/mol. The fraction of sp³-hybridized carbons (Fsp3) is 0.261. The first-order valence-electron chi connectivity index (χ1n) is 9.36. The minimum atomic E-state index is -0.992. The quantitative estimate of drug-likeness (QED) is 0.525. The molecule has 7 heteroatoms. The summed E-state index contributed by atoms with van der Waals surface area (Å²) in [5.74, 6) is 0.0342. The first kappa shape index (κ1) is 22.5. The molecule has 7 nitrogen and oxygen atoms in total. The van der Waals surface area contributed by atoms with Gasteiger partial charge < -0.3 is 19.5 Å². The van der Waals surface area contributed by atoms with E-state index >= 15 is 0 Å². The molecule has 0 bridgehead atoms. The summed E-state index contributed by atoms with van der Waals surface area (Å²) in [5.41, 5.74) is 1.71. The Kier molecular flexibility index (Phi) is 8.00. The second-order valence-electron chi connectivity index (χ2n) is 6.67. The molecule has 0 heterocycles. The number of esters is 1. The van der Waals surface area contributed by atoms with Gasteiger partial charge in [-0.15, -0.1) is 0 Å². The summed E-state index contributed by atoms with van der Waals surface area (Å²) < 4.78 is 16.1. The molecule has 0 saturated carbocycles. The molecule has 0 aliphatic carbocycles. The number of nitriles is 1. The zero-order chi connectivity index (χ0) is 22.1. The maximum absolute atomic E-state index is 12.2. The number of benzene rings is 2. The third-order valence-electron chi connectivity index (χ3n) is 3.91. The average molecular weight is 408 g/mol. The maximum Gasteiger partial charge on any atom is 0.331 e. The lowest BCUT2D eigenvalue weighted by atomic mass is 10.2. The van der Waals surface area contributed by atoms with E-state index in [1.165, 1.54) is 13.0 Å². The van der Waals surface area contributed by atoms with Gasteiger partial charge in [0.2, 0.25) is 0 Å². The minimum absolute atomic E-state index is 0.00665. The molecule has 2 rings (SSSR count). The maximum atomic E-state index is 12.2. The van der Waals surface area contributed by atoms with Gasteiger partial charge in [-0.3, -0.25) is 4.79 Å². The third kappa shape index (κ3) is 6.67. The summed E-state index contributed by atoms with van der Waals surface area (Å²) in [6.45, 7) is 5.32. The van der Waals surface area contributed by atoms with Crippen molar-refractivity contribution in [1.29, 1.82) is 5.26 Å². The van der Waals surface area contributed by atoms with E-state index in [0.717, 1.165) is 5.56 Å². The van der Waals surface area contributed by atoms with Gasteiger partial charge in [-0.1, -0.05) is 6.07 Å². The van der Waals surface area contributed by atoms with Gasteiger partial charge in [-0.2, -0.15) is 5.26 Å². The molecular formula is C23H24N2O5. The Morgan fingerprint density at radius 3 is 2.37 bits per heavy atom. The van der Waals surface area contributed by atoms with Crippen molar-refractivity contribution < 1.29 is 23.8 Å². The fourth-order valence-electron chi connectivity index (χ4n) is 2.44. The molecule has 0 fully saturated rings. The van der Waals surface area contributed by atoms with Crippen LogP contribution in [0.15, 0.2) is 48.5 Å². The van der Waals surface area contributed by atoms with Gasteiger partial charge in [0, 0.05) is 11.8 Å². The van der Waals surface area contributed by atoms with E-state index in [1.54, 1.807) is 55.7 Å². The van der Waals surface area contributed by atoms with Crippen LogP contribution >= 0.6 is 0 Å². The molecule has 1 N–H and O–H groups in total. The van der Waals surface area contributed by atoms with Gasteiger partial charge in [0.15, 0.2) is 17.6 Å². The summed E-state index contributed by atoms with van der Waals surface area (Å²) in [7, 11) is 1.54. The Balaban J connectivity index is 1.94. The number of anilines is 1. The monoisotopic (exact) mass is 408 g/mol. The highest BCUT2D eigenvalue weighted by molar-refractivity contribution is 5.96. The largest absolute Gasteiger partial charge is 0.493 e. The highest BCUT2D eigenvalue weighted by Gasteiger charge is 2.16. The van der Waals surface area contributed by atoms with Gasteiger partial charge in [-0.25, -0.2) is 4.79 Å². The summed E-state index contributed by atoms with van der Waals surface area (Å²) >= 11 is 0. The lowest BCUT2D eigenvalue weighted by Gasteiger charge is -2.14. The normalized spacial score (nSPS) is 11.6. The number of carbonyl (C=O) groups excluding carboxylic acids is 2. The Hall–Kier alpha value is -3.79. The van der Waals surface area contributed by atoms with Crippen LogP contribution in [0.25, 0.3) is 6.08 Å². The molecule has 30 heavy (non-hydrogen) atoms. The van der Waals surface area contributed by atoms with Crippen LogP contribution in [0, 0.1) is 11.3 Å². The van der Waals surface area contributed by atoms with E-state index in [1.807, 2.05) is 19.9 Å². The van der Waals surface area contributed by atoms with Crippen molar-refractivity contribution in [3.8, 4) is 17.6 Å². The summed E-state index contributed by atoms with van der Waals surface area (Å²) in [6, 6.07) is 13.7. The molecule has 0 aliphatic heterocycles. The van der Waals surface area contributed by atoms with Gasteiger partial charge in [0.1, 0.15) is 0 Å². The lowest BCUT2D eigenvalue weighted by Crippen LogP contribution is -2.29. The minimum Gasteiger partial charge on any atom is -0.493 e. The number of ether oxygens (including phenoxy) is 3. The predicted molar refractivity (Wildman–Crippen MR) is 113 cm³/mol. The Morgan fingerprint density at radius 1 is 1.07 bits per heavy atom. The molecule has 0 radical (unpaired) electrons. The van der Waals surface area contributed by atoms with Crippen molar-refractivity contribution in [2.24, 2.45) is 0 Å². The molecule has 2 aromatic carbocycles. The predicted octanol–water partition coefficient (Wildman–Crippen LogP) is 3.94. The van der Waals surface area contributed by atoms with Crippen molar-refractivity contribution in [3.63, 3.8) is 0 Å². The molecule has 0 spiro atoms. The molecule has 1 amide bonds. The summed E-state index contributed by atoms with van der Waals surface area (Å²) in [4.78, 5) is 24.2. The van der Waals surface area contributed by atoms with Crippen LogP contribution in [0.2, 0.25) is 0 Å². The zero-order valence-corrected chi connectivity index (χ0v) is 17.3. The zero-order valence-electron chi connectivity index (χ0n) is 17.3. The molecule has 1 atom stereocenters. The number of methoxy groups -OCH3 is 1. The van der Waals surface area contributed by atoms with Crippen molar-refractivity contribution in [3.05, 3.63) is 59.7 Å². The van der Waals surface area contributed by atoms with E-state index in [9.17, 15) is 9.59 Å². The van der Waals surface area contributed by atoms with Crippen LogP contribution in [0.1, 0.15) is 31.9 Å². The van der Waals surface area contributed by atoms with Crippen LogP contribution in [-0.2, 0) is 14.3 Å². The second-order valence-corrected chi connectivity index (χ2v) is 6.67. The Labute approximate surface area is 175 Å². The summed E-state index contributed by atoms with van der Waals surface area (Å²) in [5, 5.41) is 11.4. The first-order valence-corrected chi connectivity index (χ1v) is 9.36. The van der Waals surface area contributed by atoms with E-state index < -0.39 is 18.0 Å². The molecule has 0 aromatic heterocycles. The number of nitrogens with zero attached hydrogens (tertiary/aromatic N) is 1. The van der Waals surface area contributed by atoms with E-state index in [2.05, 4.69) is 5.32 Å². The second kappa shape index (κ2) is 10.7. The molecule has 0 saturated heterocycles. The standard InChI is InChI=1S/C23H24N2O5/c1-15(2)29-20-11-7-17(13-21(20)28-4)8-12-22(26)30-16(3)23(27)25-19-9-5-18(14-24)6-10-19/h5-13,15-16H,1-4H3,(H,25,27)/b12-8+/t16-/m1/s1. The van der Waals surface area contributed by atoms with Gasteiger partial charge in [0.05, 0.1) is 24.8 Å². The number of nitrogens with one attached hydrogen (secondary N) is 1. The summed E-state index contributed by atoms with van der Waals surface area (Å²) in [6.07, 6.45) is 1.82. The van der Waals surface area contributed by atoms with Gasteiger partial charge in [-0.05, 0) is 68.8 Å². The lowest BCUT2D eigenvalue weighted by molar-refractivity contribution is -0.148. The fourth-order valence-corrected chi connectivity index (χ4v) is 2.44. The highest BCUT2D eigenvalue weighted by Crippen LogP contribution is 2.29. The van der Waals surface area contributed by atoms with Crippen LogP contribution in [0.3, 0.4) is 0 Å². The third-order valence-corrected chi connectivity index (χ3v) is 3.91. The van der Waals surface area contributed by atoms with E-state index in [-0.39, 0.29) is 6.10 Å². The Morgan fingerprint density at radius 2 is 1.77 bits per heavy atom. The van der Waals surface area contributed by atoms with Crippen LogP contribution in [0.5, 0.6) is 11.5 Å². The van der Waals surface area contributed by atoms with Crippen molar-refractivity contribution >= 4 is 23.6 Å². The van der Waals surface area contributed by atoms with Gasteiger partial charge in [0.25, 0.3) is 5.91 Å². The van der Waals surface area contributed by atoms with Gasteiger partial charge >= 0.3 is 5.97 Å². The Bertz CT molecular complexity index is 959. The highest BCUT2D eigenvalue weighted by atomic mass is 16.5. The molecule has 0 unspecified atom stereocenters. The van der Waals surface area contributed by atoms with Crippen LogP contribution in [0.4, 0.5) is 5.69 Å². The molecule has 0 aliphatic rings. The molecule has 156 valence electrons. The van der Waals surface area contributed by atoms with E-state index in [4.69, 9.17) is 19.5 Å². The number of amides is 1. The SMILES string of the molecule is COc1cc(/C=C/C(=O)O[C@H](C)C(=O)Nc2ccc(C#N)cc2)ccc1OC(C)C. The van der Waals surface area contributed by atoms with Crippen molar-refractivity contribution in [1.82, 2.24) is 0 Å². The smallest absolute Gasteiger partial charge is 0.331 e. The molecule has 2 aromatic rings. The first-order chi connectivity index (χ1) is 14.3. The number of rotatable bonds is 8.